The van der Waals surface area contributed by atoms with E-state index >= 15 is 0 Å². The Morgan fingerprint density at radius 2 is 1.95 bits per heavy atom. The molecule has 0 aromatic carbocycles. The summed E-state index contributed by atoms with van der Waals surface area (Å²) in [7, 11) is -0.265. The highest BCUT2D eigenvalue weighted by Gasteiger charge is 2.41. The van der Waals surface area contributed by atoms with E-state index in [9.17, 15) is 4.79 Å². The largest absolute Gasteiger partial charge is 0.414 e. The van der Waals surface area contributed by atoms with Crippen LogP contribution < -0.4 is 0 Å². The van der Waals surface area contributed by atoms with Gasteiger partial charge in [-0.2, -0.15) is 0 Å². The average molecular weight is 288 g/mol. The number of ketones is 1. The van der Waals surface area contributed by atoms with Crippen LogP contribution in [-0.4, -0.2) is 46.1 Å². The number of hydrogen-bond donors (Lipinski definition) is 0. The van der Waals surface area contributed by atoms with Gasteiger partial charge in [-0.1, -0.05) is 20.8 Å². The Hall–Kier alpha value is -0.233. The second-order valence-corrected chi connectivity index (χ2v) is 11.7. The molecular weight excluding hydrogens is 260 g/mol. The lowest BCUT2D eigenvalue weighted by atomic mass is 10.0. The number of carbonyl (C=O) groups excluding carboxylic acids is 1. The van der Waals surface area contributed by atoms with Gasteiger partial charge in [-0.15, -0.1) is 0 Å². The molecule has 1 fully saturated rings. The first-order valence-corrected chi connectivity index (χ1v) is 9.84. The van der Waals surface area contributed by atoms with Crippen LogP contribution in [0.3, 0.4) is 0 Å². The minimum Gasteiger partial charge on any atom is -0.414 e. The Morgan fingerprint density at radius 1 is 1.37 bits per heavy atom. The molecule has 0 N–H and O–H groups in total. The fourth-order valence-electron chi connectivity index (χ4n) is 1.94. The summed E-state index contributed by atoms with van der Waals surface area (Å²) >= 11 is 0. The molecule has 0 amide bonds. The van der Waals surface area contributed by atoms with Crippen molar-refractivity contribution in [3.63, 3.8) is 0 Å². The highest BCUT2D eigenvalue weighted by Crippen LogP contribution is 2.37. The second kappa shape index (κ2) is 6.04. The van der Waals surface area contributed by atoms with Crippen LogP contribution in [0.5, 0.6) is 0 Å². The third kappa shape index (κ3) is 4.11. The Labute approximate surface area is 117 Å². The Bertz CT molecular complexity index is 322. The number of methoxy groups -OCH3 is 1. The fourth-order valence-corrected chi connectivity index (χ4v) is 2.96. The molecule has 0 spiro atoms. The summed E-state index contributed by atoms with van der Waals surface area (Å²) in [6.07, 6.45) is -0.391. The highest BCUT2D eigenvalue weighted by molar-refractivity contribution is 6.74. The van der Waals surface area contributed by atoms with Crippen LogP contribution in [0.4, 0.5) is 0 Å². The monoisotopic (exact) mass is 288 g/mol. The summed E-state index contributed by atoms with van der Waals surface area (Å²) in [6, 6.07) is 0. The first kappa shape index (κ1) is 16.8. The Morgan fingerprint density at radius 3 is 2.42 bits per heavy atom. The highest BCUT2D eigenvalue weighted by atomic mass is 28.4. The third-order valence-corrected chi connectivity index (χ3v) is 8.72. The van der Waals surface area contributed by atoms with Crippen molar-refractivity contribution in [2.75, 3.05) is 13.7 Å². The van der Waals surface area contributed by atoms with Crippen molar-refractivity contribution in [1.82, 2.24) is 0 Å². The van der Waals surface area contributed by atoms with Gasteiger partial charge < -0.3 is 13.9 Å². The predicted molar refractivity (Wildman–Crippen MR) is 77.9 cm³/mol. The number of hydrogen-bond acceptors (Lipinski definition) is 4. The molecule has 0 bridgehead atoms. The fraction of sp³-hybridized carbons (Fsp3) is 0.929. The summed E-state index contributed by atoms with van der Waals surface area (Å²) in [6.45, 7) is 13.3. The summed E-state index contributed by atoms with van der Waals surface area (Å²) in [5.74, 6) is 0.116. The van der Waals surface area contributed by atoms with Crippen molar-refractivity contribution in [1.29, 1.82) is 0 Å². The number of Topliss-reactive ketones (excluding diaryl/α,β-unsaturated/α-hetero) is 1. The van der Waals surface area contributed by atoms with Gasteiger partial charge >= 0.3 is 0 Å². The normalized spacial score (nSPS) is 29.6. The maximum Gasteiger partial charge on any atom is 0.192 e. The van der Waals surface area contributed by atoms with E-state index in [0.29, 0.717) is 13.0 Å². The van der Waals surface area contributed by atoms with E-state index in [1.54, 1.807) is 7.11 Å². The average Bonchev–Trinajstić information content (AvgIpc) is 2.24. The molecule has 1 rings (SSSR count). The molecule has 1 heterocycles. The minimum atomic E-state index is -1.82. The molecule has 0 saturated carbocycles. The van der Waals surface area contributed by atoms with Gasteiger partial charge in [0.2, 0.25) is 0 Å². The molecule has 3 atom stereocenters. The van der Waals surface area contributed by atoms with Gasteiger partial charge in [0.1, 0.15) is 12.2 Å². The molecule has 0 aliphatic carbocycles. The van der Waals surface area contributed by atoms with E-state index in [2.05, 4.69) is 33.9 Å². The van der Waals surface area contributed by atoms with Gasteiger partial charge in [0.25, 0.3) is 0 Å². The summed E-state index contributed by atoms with van der Waals surface area (Å²) in [5, 5.41) is 0.153. The smallest absolute Gasteiger partial charge is 0.192 e. The van der Waals surface area contributed by atoms with Crippen LogP contribution in [0.15, 0.2) is 0 Å². The van der Waals surface area contributed by atoms with E-state index in [1.165, 1.54) is 0 Å². The van der Waals surface area contributed by atoms with Gasteiger partial charge in [-0.25, -0.2) is 0 Å². The predicted octanol–water partition coefficient (Wildman–Crippen LogP) is 2.77. The van der Waals surface area contributed by atoms with Crippen LogP contribution in [0.25, 0.3) is 0 Å². The molecule has 4 nitrogen and oxygen atoms in total. The third-order valence-electron chi connectivity index (χ3n) is 4.22. The van der Waals surface area contributed by atoms with E-state index in [4.69, 9.17) is 13.9 Å². The number of ether oxygens (including phenoxy) is 2. The summed E-state index contributed by atoms with van der Waals surface area (Å²) in [5.41, 5.74) is 0. The van der Waals surface area contributed by atoms with Crippen molar-refractivity contribution in [3.8, 4) is 0 Å². The lowest BCUT2D eigenvalue weighted by Gasteiger charge is -2.39. The van der Waals surface area contributed by atoms with E-state index in [1.807, 2.05) is 6.92 Å². The van der Waals surface area contributed by atoms with Crippen molar-refractivity contribution in [2.24, 2.45) is 0 Å². The lowest BCUT2D eigenvalue weighted by Crippen LogP contribution is -2.51. The lowest BCUT2D eigenvalue weighted by molar-refractivity contribution is -0.164. The second-order valence-electron chi connectivity index (χ2n) is 6.88. The van der Waals surface area contributed by atoms with Crippen LogP contribution in [0, 0.1) is 0 Å². The van der Waals surface area contributed by atoms with Crippen LogP contribution in [0.2, 0.25) is 18.1 Å². The topological polar surface area (TPSA) is 44.8 Å². The molecular formula is C14H28O4Si. The van der Waals surface area contributed by atoms with Gasteiger partial charge in [0.05, 0.1) is 12.7 Å². The molecule has 0 aromatic heterocycles. The molecule has 19 heavy (non-hydrogen) atoms. The molecule has 0 aromatic rings. The molecule has 5 heteroatoms. The minimum absolute atomic E-state index is 0.0492. The van der Waals surface area contributed by atoms with Crippen LogP contribution >= 0.6 is 0 Å². The zero-order valence-corrected chi connectivity index (χ0v) is 14.3. The maximum absolute atomic E-state index is 11.9. The van der Waals surface area contributed by atoms with Gasteiger partial charge in [-0.3, -0.25) is 4.79 Å². The van der Waals surface area contributed by atoms with Crippen molar-refractivity contribution in [3.05, 3.63) is 0 Å². The van der Waals surface area contributed by atoms with Gasteiger partial charge in [0.15, 0.2) is 14.1 Å². The quantitative estimate of drug-likeness (QED) is 0.746. The Balaban J connectivity index is 2.67. The number of rotatable bonds is 4. The van der Waals surface area contributed by atoms with Crippen molar-refractivity contribution >= 4 is 14.1 Å². The molecule has 1 saturated heterocycles. The van der Waals surface area contributed by atoms with Crippen molar-refractivity contribution < 1.29 is 18.7 Å². The molecule has 1 aliphatic heterocycles. The summed E-state index contributed by atoms with van der Waals surface area (Å²) in [4.78, 5) is 11.9. The van der Waals surface area contributed by atoms with Crippen LogP contribution in [-0.2, 0) is 18.7 Å². The molecule has 0 unspecified atom stereocenters. The van der Waals surface area contributed by atoms with E-state index < -0.39 is 14.4 Å². The summed E-state index contributed by atoms with van der Waals surface area (Å²) < 4.78 is 17.2. The first-order chi connectivity index (χ1) is 8.58. The molecule has 0 radical (unpaired) electrons. The van der Waals surface area contributed by atoms with E-state index in [-0.39, 0.29) is 23.0 Å². The van der Waals surface area contributed by atoms with Crippen molar-refractivity contribution in [2.45, 2.75) is 70.6 Å². The Kier molecular flexibility index (Phi) is 5.34. The zero-order valence-electron chi connectivity index (χ0n) is 13.3. The number of carbonyl (C=O) groups is 1. The van der Waals surface area contributed by atoms with Gasteiger partial charge in [0, 0.05) is 13.5 Å². The van der Waals surface area contributed by atoms with Gasteiger partial charge in [-0.05, 0) is 25.1 Å². The standard InChI is InChI=1S/C14H28O4Si/c1-10-8-11(15)13(16-5)12(18-10)9-17-19(6,7)14(2,3)4/h10,12-13H,8-9H2,1-7H3/t10-,12-,13+/m1/s1. The SMILES string of the molecule is CO[C@H]1C(=O)C[C@@H](C)O[C@@H]1CO[Si](C)(C)C(C)(C)C. The van der Waals surface area contributed by atoms with Crippen LogP contribution in [0.1, 0.15) is 34.1 Å². The first-order valence-electron chi connectivity index (χ1n) is 6.93. The maximum atomic E-state index is 11.9. The molecule has 1 aliphatic rings. The van der Waals surface area contributed by atoms with E-state index in [0.717, 1.165) is 0 Å². The zero-order chi connectivity index (χ0) is 14.8. The molecule has 112 valence electrons.